The lowest BCUT2D eigenvalue weighted by Crippen LogP contribution is -2.49. The summed E-state index contributed by atoms with van der Waals surface area (Å²) in [6.45, 7) is 4.56. The van der Waals surface area contributed by atoms with Gasteiger partial charge in [0.25, 0.3) is 5.91 Å². The number of rotatable bonds is 3. The number of aromatic nitrogens is 1. The van der Waals surface area contributed by atoms with Crippen LogP contribution in [0.15, 0.2) is 18.3 Å². The van der Waals surface area contributed by atoms with Crippen LogP contribution in [0.4, 0.5) is 0 Å². The second-order valence-corrected chi connectivity index (χ2v) is 5.41. The van der Waals surface area contributed by atoms with Gasteiger partial charge in [-0.15, -0.1) is 0 Å². The van der Waals surface area contributed by atoms with Gasteiger partial charge in [-0.05, 0) is 38.3 Å². The number of carboxylic acid groups (broad SMARTS) is 1. The van der Waals surface area contributed by atoms with Crippen molar-refractivity contribution in [3.8, 4) is 0 Å². The highest BCUT2D eigenvalue weighted by Gasteiger charge is 2.42. The summed E-state index contributed by atoms with van der Waals surface area (Å²) in [6.07, 6.45) is 3.55. The second kappa shape index (κ2) is 5.61. The molecular weight excluding hydrogens is 256 g/mol. The van der Waals surface area contributed by atoms with Crippen LogP contribution in [0.5, 0.6) is 0 Å². The predicted octanol–water partition coefficient (Wildman–Crippen LogP) is 2.11. The Bertz CT molecular complexity index is 530. The van der Waals surface area contributed by atoms with Crippen LogP contribution in [0, 0.1) is 12.3 Å². The van der Waals surface area contributed by atoms with E-state index < -0.39 is 11.4 Å². The van der Waals surface area contributed by atoms with Crippen LogP contribution in [-0.4, -0.2) is 40.0 Å². The van der Waals surface area contributed by atoms with Crippen molar-refractivity contribution in [2.75, 3.05) is 13.1 Å². The molecule has 1 unspecified atom stereocenters. The summed E-state index contributed by atoms with van der Waals surface area (Å²) >= 11 is 0. The summed E-state index contributed by atoms with van der Waals surface area (Å²) in [4.78, 5) is 29.8. The molecule has 1 amide bonds. The third-order valence-electron chi connectivity index (χ3n) is 4.23. The van der Waals surface area contributed by atoms with Gasteiger partial charge >= 0.3 is 5.97 Å². The Morgan fingerprint density at radius 1 is 1.50 bits per heavy atom. The highest BCUT2D eigenvalue weighted by Crippen LogP contribution is 2.34. The molecule has 1 atom stereocenters. The number of hydrogen-bond donors (Lipinski definition) is 1. The minimum absolute atomic E-state index is 0.116. The Morgan fingerprint density at radius 3 is 2.85 bits per heavy atom. The Morgan fingerprint density at radius 2 is 2.25 bits per heavy atom. The van der Waals surface area contributed by atoms with Gasteiger partial charge in [0.2, 0.25) is 0 Å². The van der Waals surface area contributed by atoms with Crippen molar-refractivity contribution < 1.29 is 14.7 Å². The maximum atomic E-state index is 12.5. The first-order valence-electron chi connectivity index (χ1n) is 6.94. The second-order valence-electron chi connectivity index (χ2n) is 5.41. The standard InChI is InChI=1S/C15H20N2O3/c1-3-15(14(19)20)7-5-9-17(10-15)13(18)12-6-4-8-16-11(12)2/h4,6,8H,3,5,7,9-10H2,1-2H3,(H,19,20). The van der Waals surface area contributed by atoms with E-state index in [0.717, 1.165) is 6.42 Å². The molecule has 5 heteroatoms. The number of hydrogen-bond acceptors (Lipinski definition) is 3. The van der Waals surface area contributed by atoms with E-state index in [2.05, 4.69) is 4.98 Å². The van der Waals surface area contributed by atoms with Crippen molar-refractivity contribution in [1.82, 2.24) is 9.88 Å². The first-order valence-corrected chi connectivity index (χ1v) is 6.94. The van der Waals surface area contributed by atoms with Gasteiger partial charge in [-0.2, -0.15) is 0 Å². The summed E-state index contributed by atoms with van der Waals surface area (Å²) in [5.74, 6) is -0.921. The maximum absolute atomic E-state index is 12.5. The highest BCUT2D eigenvalue weighted by molar-refractivity contribution is 5.95. The van der Waals surface area contributed by atoms with Gasteiger partial charge in [0.1, 0.15) is 0 Å². The van der Waals surface area contributed by atoms with Gasteiger partial charge in [-0.1, -0.05) is 6.92 Å². The number of aliphatic carboxylic acids is 1. The molecule has 0 bridgehead atoms. The molecule has 1 fully saturated rings. The monoisotopic (exact) mass is 276 g/mol. The van der Waals surface area contributed by atoms with E-state index in [9.17, 15) is 14.7 Å². The summed E-state index contributed by atoms with van der Waals surface area (Å²) in [5, 5.41) is 9.46. The molecular formula is C15H20N2O3. The molecule has 0 aliphatic carbocycles. The van der Waals surface area contributed by atoms with Crippen LogP contribution >= 0.6 is 0 Å². The Labute approximate surface area is 118 Å². The topological polar surface area (TPSA) is 70.5 Å². The van der Waals surface area contributed by atoms with Crippen LogP contribution < -0.4 is 0 Å². The van der Waals surface area contributed by atoms with Crippen molar-refractivity contribution in [1.29, 1.82) is 0 Å². The molecule has 108 valence electrons. The zero-order valence-electron chi connectivity index (χ0n) is 11.9. The summed E-state index contributed by atoms with van der Waals surface area (Å²) < 4.78 is 0. The Hall–Kier alpha value is -1.91. The number of nitrogens with zero attached hydrogens (tertiary/aromatic N) is 2. The summed E-state index contributed by atoms with van der Waals surface area (Å²) in [6, 6.07) is 3.47. The zero-order valence-corrected chi connectivity index (χ0v) is 11.9. The molecule has 0 aromatic carbocycles. The molecule has 5 nitrogen and oxygen atoms in total. The first kappa shape index (κ1) is 14.5. The van der Waals surface area contributed by atoms with E-state index in [4.69, 9.17) is 0 Å². The smallest absolute Gasteiger partial charge is 0.311 e. The molecule has 20 heavy (non-hydrogen) atoms. The van der Waals surface area contributed by atoms with Crippen molar-refractivity contribution in [2.24, 2.45) is 5.41 Å². The van der Waals surface area contributed by atoms with Crippen LogP contribution in [-0.2, 0) is 4.79 Å². The van der Waals surface area contributed by atoms with Gasteiger partial charge in [-0.3, -0.25) is 14.6 Å². The molecule has 1 aliphatic heterocycles. The SMILES string of the molecule is CCC1(C(=O)O)CCCN(C(=O)c2cccnc2C)C1. The van der Waals surface area contributed by atoms with Crippen LogP contribution in [0.3, 0.4) is 0 Å². The Kier molecular flexibility index (Phi) is 4.06. The fraction of sp³-hybridized carbons (Fsp3) is 0.533. The molecule has 0 radical (unpaired) electrons. The van der Waals surface area contributed by atoms with Crippen molar-refractivity contribution >= 4 is 11.9 Å². The average Bonchev–Trinajstić information content (AvgIpc) is 2.47. The molecule has 1 N–H and O–H groups in total. The number of piperidine rings is 1. The number of pyridine rings is 1. The number of carbonyl (C=O) groups excluding carboxylic acids is 1. The first-order chi connectivity index (χ1) is 9.50. The minimum Gasteiger partial charge on any atom is -0.481 e. The summed E-state index contributed by atoms with van der Waals surface area (Å²) in [7, 11) is 0. The van der Waals surface area contributed by atoms with Gasteiger partial charge in [-0.25, -0.2) is 0 Å². The van der Waals surface area contributed by atoms with Gasteiger partial charge in [0.05, 0.1) is 11.0 Å². The van der Waals surface area contributed by atoms with Crippen molar-refractivity contribution in [2.45, 2.75) is 33.1 Å². The predicted molar refractivity (Wildman–Crippen MR) is 74.5 cm³/mol. The Balaban J connectivity index is 2.23. The van der Waals surface area contributed by atoms with E-state index in [-0.39, 0.29) is 12.5 Å². The number of carbonyl (C=O) groups is 2. The maximum Gasteiger partial charge on any atom is 0.311 e. The number of aryl methyl sites for hydroxylation is 1. The highest BCUT2D eigenvalue weighted by atomic mass is 16.4. The normalized spacial score (nSPS) is 22.6. The average molecular weight is 276 g/mol. The molecule has 1 aromatic heterocycles. The number of amides is 1. The lowest BCUT2D eigenvalue weighted by Gasteiger charge is -2.39. The molecule has 0 spiro atoms. The third kappa shape index (κ3) is 2.53. The van der Waals surface area contributed by atoms with Crippen LogP contribution in [0.25, 0.3) is 0 Å². The molecule has 1 aliphatic rings. The van der Waals surface area contributed by atoms with E-state index in [1.54, 1.807) is 30.2 Å². The molecule has 0 saturated carbocycles. The van der Waals surface area contributed by atoms with Crippen LogP contribution in [0.1, 0.15) is 42.2 Å². The fourth-order valence-corrected chi connectivity index (χ4v) is 2.80. The van der Waals surface area contributed by atoms with E-state index >= 15 is 0 Å². The van der Waals surface area contributed by atoms with Crippen LogP contribution in [0.2, 0.25) is 0 Å². The molecule has 2 rings (SSSR count). The minimum atomic E-state index is -0.805. The van der Waals surface area contributed by atoms with Crippen molar-refractivity contribution in [3.63, 3.8) is 0 Å². The molecule has 1 saturated heterocycles. The molecule has 1 aromatic rings. The quantitative estimate of drug-likeness (QED) is 0.918. The van der Waals surface area contributed by atoms with Gasteiger partial charge < -0.3 is 10.0 Å². The van der Waals surface area contributed by atoms with Crippen molar-refractivity contribution in [3.05, 3.63) is 29.6 Å². The van der Waals surface area contributed by atoms with E-state index in [1.165, 1.54) is 0 Å². The zero-order chi connectivity index (χ0) is 14.8. The number of likely N-dealkylation sites (tertiary alicyclic amines) is 1. The van der Waals surface area contributed by atoms with Gasteiger partial charge in [0.15, 0.2) is 0 Å². The lowest BCUT2D eigenvalue weighted by molar-refractivity contribution is -0.152. The number of carboxylic acids is 1. The van der Waals surface area contributed by atoms with E-state index in [1.807, 2.05) is 6.92 Å². The van der Waals surface area contributed by atoms with Gasteiger partial charge in [0, 0.05) is 25.0 Å². The summed E-state index contributed by atoms with van der Waals surface area (Å²) in [5.41, 5.74) is 0.439. The van der Waals surface area contributed by atoms with E-state index in [0.29, 0.717) is 30.6 Å². The third-order valence-corrected chi connectivity index (χ3v) is 4.23. The fourth-order valence-electron chi connectivity index (χ4n) is 2.80. The lowest BCUT2D eigenvalue weighted by atomic mass is 9.77. The molecule has 2 heterocycles. The largest absolute Gasteiger partial charge is 0.481 e.